The smallest absolute Gasteiger partial charge is 0.305 e. The lowest BCUT2D eigenvalue weighted by Gasteiger charge is -2.32. The van der Waals surface area contributed by atoms with Crippen LogP contribution in [-0.2, 0) is 19.1 Å². The second-order valence-corrected chi connectivity index (χ2v) is 8.81. The van der Waals surface area contributed by atoms with Gasteiger partial charge in [0.15, 0.2) is 0 Å². The second-order valence-electron chi connectivity index (χ2n) is 8.81. The van der Waals surface area contributed by atoms with E-state index < -0.39 is 11.5 Å². The molecule has 1 heterocycles. The topological polar surface area (TPSA) is 95.9 Å². The fourth-order valence-electron chi connectivity index (χ4n) is 4.57. The van der Waals surface area contributed by atoms with E-state index >= 15 is 0 Å². The summed E-state index contributed by atoms with van der Waals surface area (Å²) in [7, 11) is 0. The van der Waals surface area contributed by atoms with Gasteiger partial charge < -0.3 is 20.1 Å². The minimum atomic E-state index is -0.561. The van der Waals surface area contributed by atoms with Crippen LogP contribution in [0.1, 0.15) is 70.6 Å². The Labute approximate surface area is 185 Å². The number of esters is 1. The lowest BCUT2D eigenvalue weighted by molar-refractivity contribution is -0.147. The van der Waals surface area contributed by atoms with E-state index in [0.29, 0.717) is 25.8 Å². The van der Waals surface area contributed by atoms with Crippen LogP contribution in [0.25, 0.3) is 0 Å². The molecule has 2 rings (SSSR count). The van der Waals surface area contributed by atoms with Crippen LogP contribution in [0, 0.1) is 5.92 Å². The molecule has 1 aliphatic carbocycles. The van der Waals surface area contributed by atoms with Gasteiger partial charge in [-0.1, -0.05) is 25.0 Å². The molecule has 7 nitrogen and oxygen atoms in total. The van der Waals surface area contributed by atoms with Gasteiger partial charge in [-0.3, -0.25) is 14.4 Å². The first kappa shape index (κ1) is 25.1. The zero-order valence-corrected chi connectivity index (χ0v) is 18.7. The van der Waals surface area contributed by atoms with Gasteiger partial charge in [0.1, 0.15) is 6.61 Å². The lowest BCUT2D eigenvalue weighted by Crippen LogP contribution is -2.52. The number of nitrogens with one attached hydrogen (secondary N) is 1. The molecular weight excluding hydrogens is 396 g/mol. The van der Waals surface area contributed by atoms with Crippen LogP contribution in [-0.4, -0.2) is 59.1 Å². The van der Waals surface area contributed by atoms with Crippen LogP contribution < -0.4 is 5.32 Å². The third kappa shape index (κ3) is 7.49. The molecule has 2 amide bonds. The van der Waals surface area contributed by atoms with Gasteiger partial charge in [-0.15, -0.1) is 13.2 Å². The number of carbonyl (C=O) groups excluding carboxylic acids is 3. The van der Waals surface area contributed by atoms with Gasteiger partial charge in [0.25, 0.3) is 0 Å². The molecule has 1 saturated carbocycles. The summed E-state index contributed by atoms with van der Waals surface area (Å²) >= 11 is 0. The van der Waals surface area contributed by atoms with Gasteiger partial charge in [-0.05, 0) is 44.9 Å². The fraction of sp³-hybridized carbons (Fsp3) is 0.708. The summed E-state index contributed by atoms with van der Waals surface area (Å²) in [6, 6.07) is -0.151. The molecule has 0 aromatic carbocycles. The molecule has 2 atom stereocenters. The van der Waals surface area contributed by atoms with Crippen molar-refractivity contribution in [2.45, 2.75) is 82.2 Å². The highest BCUT2D eigenvalue weighted by molar-refractivity contribution is 5.86. The third-order valence-corrected chi connectivity index (χ3v) is 6.40. The summed E-state index contributed by atoms with van der Waals surface area (Å²) in [6.07, 6.45) is 10.8. The minimum absolute atomic E-state index is 0.0503. The molecule has 1 saturated heterocycles. The zero-order valence-electron chi connectivity index (χ0n) is 18.7. The molecular formula is C24H38N2O5. The molecule has 1 aliphatic heterocycles. The van der Waals surface area contributed by atoms with Crippen molar-refractivity contribution in [1.82, 2.24) is 10.2 Å². The number of hydrogen-bond donors (Lipinski definition) is 2. The van der Waals surface area contributed by atoms with Crippen LogP contribution in [0.3, 0.4) is 0 Å². The fourth-order valence-corrected chi connectivity index (χ4v) is 4.57. The summed E-state index contributed by atoms with van der Waals surface area (Å²) in [4.78, 5) is 39.6. The minimum Gasteiger partial charge on any atom is -0.463 e. The molecule has 174 valence electrons. The maximum atomic E-state index is 13.1. The van der Waals surface area contributed by atoms with E-state index in [-0.39, 0.29) is 43.5 Å². The molecule has 2 N–H and O–H groups in total. The Morgan fingerprint density at radius 1 is 1.19 bits per heavy atom. The summed E-state index contributed by atoms with van der Waals surface area (Å²) in [5, 5.41) is 12.6. The number of likely N-dealkylation sites (tertiary alicyclic amines) is 1. The Morgan fingerprint density at radius 3 is 2.58 bits per heavy atom. The number of amides is 2. The van der Waals surface area contributed by atoms with Crippen LogP contribution in [0.4, 0.5) is 0 Å². The van der Waals surface area contributed by atoms with E-state index in [2.05, 4.69) is 18.5 Å². The first-order valence-corrected chi connectivity index (χ1v) is 11.5. The monoisotopic (exact) mass is 434 g/mol. The van der Waals surface area contributed by atoms with Crippen molar-refractivity contribution in [2.24, 2.45) is 5.92 Å². The predicted octanol–water partition coefficient (Wildman–Crippen LogP) is 2.88. The van der Waals surface area contributed by atoms with Crippen LogP contribution >= 0.6 is 0 Å². The Kier molecular flexibility index (Phi) is 10.2. The molecule has 0 spiro atoms. The lowest BCUT2D eigenvalue weighted by atomic mass is 9.94. The van der Waals surface area contributed by atoms with E-state index in [9.17, 15) is 19.5 Å². The van der Waals surface area contributed by atoms with Gasteiger partial charge >= 0.3 is 5.97 Å². The van der Waals surface area contributed by atoms with Crippen molar-refractivity contribution in [3.63, 3.8) is 0 Å². The van der Waals surface area contributed by atoms with E-state index in [0.717, 1.165) is 44.9 Å². The average Bonchev–Trinajstić information content (AvgIpc) is 3.42. The maximum Gasteiger partial charge on any atom is 0.305 e. The molecule has 0 unspecified atom stereocenters. The van der Waals surface area contributed by atoms with Gasteiger partial charge in [0.2, 0.25) is 11.8 Å². The van der Waals surface area contributed by atoms with Crippen LogP contribution in [0.15, 0.2) is 25.3 Å². The average molecular weight is 435 g/mol. The van der Waals surface area contributed by atoms with Crippen molar-refractivity contribution in [3.8, 4) is 0 Å². The Balaban J connectivity index is 1.96. The Morgan fingerprint density at radius 2 is 1.94 bits per heavy atom. The highest BCUT2D eigenvalue weighted by Crippen LogP contribution is 2.31. The molecule has 0 aromatic rings. The highest BCUT2D eigenvalue weighted by atomic mass is 16.5. The number of hydrogen-bond acceptors (Lipinski definition) is 5. The number of ether oxygens (including phenoxy) is 1. The van der Waals surface area contributed by atoms with Gasteiger partial charge in [-0.2, -0.15) is 0 Å². The first-order valence-electron chi connectivity index (χ1n) is 11.5. The molecule has 0 bridgehead atoms. The molecule has 31 heavy (non-hydrogen) atoms. The predicted molar refractivity (Wildman–Crippen MR) is 119 cm³/mol. The number of rotatable bonds is 13. The van der Waals surface area contributed by atoms with E-state index in [1.54, 1.807) is 17.1 Å². The zero-order chi connectivity index (χ0) is 22.7. The molecule has 2 fully saturated rings. The summed E-state index contributed by atoms with van der Waals surface area (Å²) < 4.78 is 5.50. The number of allylic oxidation sites excluding steroid dienone is 2. The molecule has 0 radical (unpaired) electrons. The maximum absolute atomic E-state index is 13.1. The SMILES string of the molecule is C=CCCCC(=O)OCC1(NC(=O)[C@H](CC=C)CC(=O)N2CCC[C@H]2CO)CCCC1. The van der Waals surface area contributed by atoms with Crippen molar-refractivity contribution in [3.05, 3.63) is 25.3 Å². The quantitative estimate of drug-likeness (QED) is 0.264. The summed E-state index contributed by atoms with van der Waals surface area (Å²) in [5.41, 5.74) is -0.561. The molecule has 0 aromatic heterocycles. The largest absolute Gasteiger partial charge is 0.463 e. The number of aliphatic hydroxyl groups excluding tert-OH is 1. The van der Waals surface area contributed by atoms with Gasteiger partial charge in [0.05, 0.1) is 24.1 Å². The standard InChI is InChI=1S/C24H38N2O5/c1-3-5-6-12-22(29)31-18-24(13-7-8-14-24)25-23(30)19(10-4-2)16-21(28)26-15-9-11-20(26)17-27/h3-4,19-20,27H,1-2,5-18H2,(H,25,30)/t19-,20+/m1/s1. The van der Waals surface area contributed by atoms with Gasteiger partial charge in [-0.25, -0.2) is 0 Å². The van der Waals surface area contributed by atoms with Gasteiger partial charge in [0, 0.05) is 19.4 Å². The van der Waals surface area contributed by atoms with E-state index in [4.69, 9.17) is 4.74 Å². The number of nitrogens with zero attached hydrogens (tertiary/aromatic N) is 1. The van der Waals surface area contributed by atoms with Crippen molar-refractivity contribution >= 4 is 17.8 Å². The van der Waals surface area contributed by atoms with E-state index in [1.165, 1.54) is 0 Å². The van der Waals surface area contributed by atoms with Crippen LogP contribution in [0.2, 0.25) is 0 Å². The van der Waals surface area contributed by atoms with E-state index in [1.807, 2.05) is 0 Å². The third-order valence-electron chi connectivity index (χ3n) is 6.40. The van der Waals surface area contributed by atoms with Crippen molar-refractivity contribution in [1.29, 1.82) is 0 Å². The first-order chi connectivity index (χ1) is 14.9. The normalized spacial score (nSPS) is 20.8. The molecule has 2 aliphatic rings. The number of aliphatic hydroxyl groups is 1. The summed E-state index contributed by atoms with van der Waals surface area (Å²) in [6.45, 7) is 8.13. The van der Waals surface area contributed by atoms with Crippen LogP contribution in [0.5, 0.6) is 0 Å². The van der Waals surface area contributed by atoms with Crippen molar-refractivity contribution < 1.29 is 24.2 Å². The highest BCUT2D eigenvalue weighted by Gasteiger charge is 2.39. The number of unbranched alkanes of at least 4 members (excludes halogenated alkanes) is 1. The number of carbonyl (C=O) groups is 3. The second kappa shape index (κ2) is 12.6. The Bertz CT molecular complexity index is 642. The van der Waals surface area contributed by atoms with Crippen molar-refractivity contribution in [2.75, 3.05) is 19.8 Å². The molecule has 7 heteroatoms. The summed E-state index contributed by atoms with van der Waals surface area (Å²) in [5.74, 6) is -1.08. The Hall–Kier alpha value is -2.15.